The summed E-state index contributed by atoms with van der Waals surface area (Å²) >= 11 is 0. The van der Waals surface area contributed by atoms with Crippen molar-refractivity contribution >= 4 is 12.1 Å². The van der Waals surface area contributed by atoms with Crippen LogP contribution in [0.5, 0.6) is 0 Å². The molecule has 1 aliphatic heterocycles. The number of nitrogens with zero attached hydrogens (tertiary/aromatic N) is 1. The Morgan fingerprint density at radius 3 is 2.54 bits per heavy atom. The first kappa shape index (κ1) is 9.83. The standard InChI is InChI=1S/C8H13NO4/c1-3-12-8(11)13-7-4-9(5-7)6(2)10/h7H,3-5H2,1-2H3. The van der Waals surface area contributed by atoms with E-state index in [4.69, 9.17) is 4.74 Å². The predicted octanol–water partition coefficient (Wildman–Crippen LogP) is 0.390. The quantitative estimate of drug-likeness (QED) is 0.587. The van der Waals surface area contributed by atoms with Gasteiger partial charge in [0.05, 0.1) is 19.7 Å². The molecular weight excluding hydrogens is 174 g/mol. The van der Waals surface area contributed by atoms with Gasteiger partial charge in [-0.3, -0.25) is 4.79 Å². The summed E-state index contributed by atoms with van der Waals surface area (Å²) in [5.41, 5.74) is 0. The van der Waals surface area contributed by atoms with Gasteiger partial charge in [-0.2, -0.15) is 0 Å². The maximum atomic E-state index is 10.8. The minimum atomic E-state index is -0.657. The fraction of sp³-hybridized carbons (Fsp3) is 0.750. The SMILES string of the molecule is CCOC(=O)OC1CN(C(C)=O)C1. The third-order valence-electron chi connectivity index (χ3n) is 1.82. The number of ether oxygens (including phenoxy) is 2. The van der Waals surface area contributed by atoms with Crippen LogP contribution in [-0.2, 0) is 14.3 Å². The molecule has 0 aliphatic carbocycles. The van der Waals surface area contributed by atoms with Crippen LogP contribution in [0, 0.1) is 0 Å². The highest BCUT2D eigenvalue weighted by Crippen LogP contribution is 2.11. The van der Waals surface area contributed by atoms with Gasteiger partial charge in [0.15, 0.2) is 0 Å². The van der Waals surface area contributed by atoms with Crippen LogP contribution in [-0.4, -0.2) is 42.8 Å². The third-order valence-corrected chi connectivity index (χ3v) is 1.82. The molecule has 0 N–H and O–H groups in total. The molecule has 13 heavy (non-hydrogen) atoms. The van der Waals surface area contributed by atoms with Gasteiger partial charge >= 0.3 is 6.16 Å². The first-order chi connectivity index (χ1) is 6.13. The topological polar surface area (TPSA) is 55.8 Å². The van der Waals surface area contributed by atoms with Crippen LogP contribution in [0.2, 0.25) is 0 Å². The van der Waals surface area contributed by atoms with Gasteiger partial charge in [0.2, 0.25) is 5.91 Å². The predicted molar refractivity (Wildman–Crippen MR) is 44.1 cm³/mol. The van der Waals surface area contributed by atoms with Crippen molar-refractivity contribution in [2.45, 2.75) is 20.0 Å². The van der Waals surface area contributed by atoms with Gasteiger partial charge < -0.3 is 14.4 Å². The molecule has 1 heterocycles. The van der Waals surface area contributed by atoms with Crippen LogP contribution in [0.1, 0.15) is 13.8 Å². The molecule has 0 aromatic carbocycles. The van der Waals surface area contributed by atoms with Crippen molar-refractivity contribution in [3.63, 3.8) is 0 Å². The van der Waals surface area contributed by atoms with E-state index in [0.717, 1.165) is 0 Å². The van der Waals surface area contributed by atoms with Gasteiger partial charge in [-0.15, -0.1) is 0 Å². The maximum absolute atomic E-state index is 10.8. The van der Waals surface area contributed by atoms with Crippen LogP contribution in [0.15, 0.2) is 0 Å². The maximum Gasteiger partial charge on any atom is 0.508 e. The normalized spacial score (nSPS) is 16.3. The summed E-state index contributed by atoms with van der Waals surface area (Å²) in [5, 5.41) is 0. The summed E-state index contributed by atoms with van der Waals surface area (Å²) in [7, 11) is 0. The molecule has 0 bridgehead atoms. The summed E-state index contributed by atoms with van der Waals surface area (Å²) in [6.45, 7) is 4.47. The first-order valence-electron chi connectivity index (χ1n) is 4.22. The van der Waals surface area contributed by atoms with E-state index < -0.39 is 6.16 Å². The molecule has 1 amide bonds. The van der Waals surface area contributed by atoms with E-state index in [1.54, 1.807) is 11.8 Å². The van der Waals surface area contributed by atoms with Crippen molar-refractivity contribution in [1.82, 2.24) is 4.90 Å². The zero-order chi connectivity index (χ0) is 9.84. The molecular formula is C8H13NO4. The molecule has 74 valence electrons. The average Bonchev–Trinajstić information content (AvgIpc) is 1.95. The molecule has 0 atom stereocenters. The van der Waals surface area contributed by atoms with E-state index >= 15 is 0 Å². The number of amides is 1. The fourth-order valence-corrected chi connectivity index (χ4v) is 1.06. The molecule has 1 aliphatic rings. The number of carbonyl (C=O) groups excluding carboxylic acids is 2. The number of carbonyl (C=O) groups is 2. The monoisotopic (exact) mass is 187 g/mol. The Hall–Kier alpha value is -1.26. The molecule has 0 unspecified atom stereocenters. The van der Waals surface area contributed by atoms with Gasteiger partial charge in [0.1, 0.15) is 6.10 Å². The Bertz CT molecular complexity index is 210. The Balaban J connectivity index is 2.14. The van der Waals surface area contributed by atoms with E-state index in [1.807, 2.05) is 0 Å². The highest BCUT2D eigenvalue weighted by Gasteiger charge is 2.31. The van der Waals surface area contributed by atoms with Crippen LogP contribution in [0.25, 0.3) is 0 Å². The van der Waals surface area contributed by atoms with E-state index in [0.29, 0.717) is 19.7 Å². The first-order valence-corrected chi connectivity index (χ1v) is 4.22. The van der Waals surface area contributed by atoms with E-state index in [-0.39, 0.29) is 12.0 Å². The van der Waals surface area contributed by atoms with Crippen molar-refractivity contribution in [2.24, 2.45) is 0 Å². The molecule has 1 fully saturated rings. The lowest BCUT2D eigenvalue weighted by Crippen LogP contribution is -2.54. The Kier molecular flexibility index (Phi) is 3.11. The van der Waals surface area contributed by atoms with Crippen molar-refractivity contribution in [3.05, 3.63) is 0 Å². The number of hydrogen-bond donors (Lipinski definition) is 0. The van der Waals surface area contributed by atoms with Crippen LogP contribution in [0.3, 0.4) is 0 Å². The molecule has 0 saturated carbocycles. The second-order valence-corrected chi connectivity index (χ2v) is 2.85. The van der Waals surface area contributed by atoms with Gasteiger partial charge in [-0.25, -0.2) is 4.79 Å². The number of likely N-dealkylation sites (tertiary alicyclic amines) is 1. The molecule has 5 nitrogen and oxygen atoms in total. The molecule has 0 radical (unpaired) electrons. The Morgan fingerprint density at radius 1 is 1.46 bits per heavy atom. The summed E-state index contributed by atoms with van der Waals surface area (Å²) in [6.07, 6.45) is -0.848. The summed E-state index contributed by atoms with van der Waals surface area (Å²) in [5.74, 6) is 0.00343. The molecule has 5 heteroatoms. The third kappa shape index (κ3) is 2.61. The smallest absolute Gasteiger partial charge is 0.435 e. The molecule has 0 aromatic rings. The minimum absolute atomic E-state index is 0.00343. The van der Waals surface area contributed by atoms with Gasteiger partial charge in [-0.05, 0) is 6.92 Å². The Labute approximate surface area is 76.6 Å². The lowest BCUT2D eigenvalue weighted by molar-refractivity contribution is -0.140. The summed E-state index contributed by atoms with van der Waals surface area (Å²) in [6, 6.07) is 0. The second kappa shape index (κ2) is 4.11. The van der Waals surface area contributed by atoms with Crippen LogP contribution < -0.4 is 0 Å². The fourth-order valence-electron chi connectivity index (χ4n) is 1.06. The Morgan fingerprint density at radius 2 is 2.08 bits per heavy atom. The van der Waals surface area contributed by atoms with Gasteiger partial charge in [0, 0.05) is 6.92 Å². The summed E-state index contributed by atoms with van der Waals surface area (Å²) in [4.78, 5) is 23.1. The molecule has 1 saturated heterocycles. The van der Waals surface area contributed by atoms with E-state index in [9.17, 15) is 9.59 Å². The van der Waals surface area contributed by atoms with Crippen molar-refractivity contribution in [1.29, 1.82) is 0 Å². The highest BCUT2D eigenvalue weighted by atomic mass is 16.7. The van der Waals surface area contributed by atoms with E-state index in [1.165, 1.54) is 6.92 Å². The zero-order valence-electron chi connectivity index (χ0n) is 7.78. The van der Waals surface area contributed by atoms with Crippen LogP contribution >= 0.6 is 0 Å². The lowest BCUT2D eigenvalue weighted by atomic mass is 10.2. The van der Waals surface area contributed by atoms with Crippen molar-refractivity contribution < 1.29 is 19.1 Å². The van der Waals surface area contributed by atoms with Crippen molar-refractivity contribution in [3.8, 4) is 0 Å². The summed E-state index contributed by atoms with van der Waals surface area (Å²) < 4.78 is 9.43. The number of rotatable bonds is 2. The molecule has 0 spiro atoms. The number of hydrogen-bond acceptors (Lipinski definition) is 4. The second-order valence-electron chi connectivity index (χ2n) is 2.85. The minimum Gasteiger partial charge on any atom is -0.435 e. The van der Waals surface area contributed by atoms with Gasteiger partial charge in [-0.1, -0.05) is 0 Å². The zero-order valence-corrected chi connectivity index (χ0v) is 7.78. The largest absolute Gasteiger partial charge is 0.508 e. The van der Waals surface area contributed by atoms with Crippen molar-refractivity contribution in [2.75, 3.05) is 19.7 Å². The average molecular weight is 187 g/mol. The molecule has 1 rings (SSSR count). The lowest BCUT2D eigenvalue weighted by Gasteiger charge is -2.37. The van der Waals surface area contributed by atoms with Gasteiger partial charge in [0.25, 0.3) is 0 Å². The van der Waals surface area contributed by atoms with Crippen LogP contribution in [0.4, 0.5) is 4.79 Å². The highest BCUT2D eigenvalue weighted by molar-refractivity contribution is 5.74. The molecule has 0 aromatic heterocycles. The van der Waals surface area contributed by atoms with E-state index in [2.05, 4.69) is 4.74 Å².